The Morgan fingerprint density at radius 3 is 1.11 bits per heavy atom. The number of benzene rings is 6. The zero-order valence-electron chi connectivity index (χ0n) is 31.0. The van der Waals surface area contributed by atoms with Gasteiger partial charge in [-0.1, -0.05) is 114 Å². The third-order valence-electron chi connectivity index (χ3n) is 12.6. The third-order valence-corrected chi connectivity index (χ3v) is 12.6. The Morgan fingerprint density at radius 1 is 0.434 bits per heavy atom. The fourth-order valence-electron chi connectivity index (χ4n) is 9.52. The molecule has 0 fully saturated rings. The first-order valence-corrected chi connectivity index (χ1v) is 18.5. The van der Waals surface area contributed by atoms with Gasteiger partial charge in [-0.15, -0.1) is 0 Å². The van der Waals surface area contributed by atoms with Gasteiger partial charge in [-0.2, -0.15) is 0 Å². The van der Waals surface area contributed by atoms with Crippen LogP contribution in [0.4, 0.5) is 0 Å². The minimum Gasteiger partial charge on any atom is -0.481 e. The molecule has 2 N–H and O–H groups in total. The molecular weight excluding hydrogens is 653 g/mol. The van der Waals surface area contributed by atoms with E-state index in [1.165, 1.54) is 72.3 Å². The molecular formula is C49H42O4. The highest BCUT2D eigenvalue weighted by Crippen LogP contribution is 2.54. The zero-order chi connectivity index (χ0) is 37.2. The first-order chi connectivity index (χ1) is 25.2. The number of aryl methyl sites for hydroxylation is 1. The number of aromatic carboxylic acids is 1. The Bertz CT molecular complexity index is 2600. The van der Waals surface area contributed by atoms with E-state index in [2.05, 4.69) is 133 Å². The zero-order valence-corrected chi connectivity index (χ0v) is 31.0. The molecule has 0 aromatic heterocycles. The molecule has 53 heavy (non-hydrogen) atoms. The molecule has 4 nitrogen and oxygen atoms in total. The number of aliphatic carboxylic acids is 1. The van der Waals surface area contributed by atoms with E-state index in [-0.39, 0.29) is 22.7 Å². The Kier molecular flexibility index (Phi) is 6.96. The van der Waals surface area contributed by atoms with Crippen molar-refractivity contribution >= 4 is 11.9 Å². The molecule has 0 amide bonds. The molecule has 0 saturated carbocycles. The number of hydrogen-bond donors (Lipinski definition) is 2. The van der Waals surface area contributed by atoms with Gasteiger partial charge in [0, 0.05) is 22.7 Å². The van der Waals surface area contributed by atoms with E-state index in [0.717, 1.165) is 22.3 Å². The van der Waals surface area contributed by atoms with Crippen molar-refractivity contribution in [2.45, 2.75) is 70.6 Å². The monoisotopic (exact) mass is 694 g/mol. The van der Waals surface area contributed by atoms with Crippen molar-refractivity contribution in [2.75, 3.05) is 0 Å². The van der Waals surface area contributed by atoms with Crippen LogP contribution in [0, 0.1) is 0 Å². The number of fused-ring (bicyclic) bond motifs is 9. The van der Waals surface area contributed by atoms with Crippen molar-refractivity contribution in [1.82, 2.24) is 0 Å². The topological polar surface area (TPSA) is 74.6 Å². The van der Waals surface area contributed by atoms with Gasteiger partial charge in [-0.3, -0.25) is 4.79 Å². The van der Waals surface area contributed by atoms with E-state index in [1.54, 1.807) is 6.07 Å². The molecule has 3 aliphatic rings. The van der Waals surface area contributed by atoms with Gasteiger partial charge in [0.2, 0.25) is 0 Å². The summed E-state index contributed by atoms with van der Waals surface area (Å²) < 4.78 is 0. The number of hydrogen-bond acceptors (Lipinski definition) is 2. The lowest BCUT2D eigenvalue weighted by molar-refractivity contribution is -0.136. The van der Waals surface area contributed by atoms with Gasteiger partial charge in [0.15, 0.2) is 0 Å². The van der Waals surface area contributed by atoms with E-state index in [0.29, 0.717) is 12.0 Å². The van der Waals surface area contributed by atoms with Crippen LogP contribution in [0.5, 0.6) is 0 Å². The highest BCUT2D eigenvalue weighted by Gasteiger charge is 2.39. The molecule has 262 valence electrons. The quantitative estimate of drug-likeness (QED) is 0.182. The van der Waals surface area contributed by atoms with Gasteiger partial charge in [0.25, 0.3) is 0 Å². The molecule has 0 unspecified atom stereocenters. The lowest BCUT2D eigenvalue weighted by atomic mass is 9.79. The molecule has 3 aliphatic carbocycles. The second kappa shape index (κ2) is 11.1. The van der Waals surface area contributed by atoms with Crippen LogP contribution in [-0.2, 0) is 27.5 Å². The minimum atomic E-state index is -0.901. The molecule has 0 bridgehead atoms. The average Bonchev–Trinajstić information content (AvgIpc) is 3.61. The number of carbonyl (C=O) groups is 2. The molecule has 0 heterocycles. The van der Waals surface area contributed by atoms with Crippen LogP contribution in [0.3, 0.4) is 0 Å². The highest BCUT2D eigenvalue weighted by atomic mass is 16.4. The van der Waals surface area contributed by atoms with Gasteiger partial charge < -0.3 is 10.2 Å². The summed E-state index contributed by atoms with van der Waals surface area (Å²) in [4.78, 5) is 23.0. The second-order valence-corrected chi connectivity index (χ2v) is 16.8. The van der Waals surface area contributed by atoms with Gasteiger partial charge in [0.05, 0.1) is 5.56 Å². The van der Waals surface area contributed by atoms with Gasteiger partial charge in [0.1, 0.15) is 0 Å². The molecule has 0 saturated heterocycles. The maximum absolute atomic E-state index is 11.8. The van der Waals surface area contributed by atoms with Crippen LogP contribution >= 0.6 is 0 Å². The summed E-state index contributed by atoms with van der Waals surface area (Å²) >= 11 is 0. The summed E-state index contributed by atoms with van der Waals surface area (Å²) in [6.07, 6.45) is 0.669. The Balaban J connectivity index is 1.04. The maximum Gasteiger partial charge on any atom is 0.335 e. The summed E-state index contributed by atoms with van der Waals surface area (Å²) in [7, 11) is 0. The van der Waals surface area contributed by atoms with Crippen molar-refractivity contribution in [3.63, 3.8) is 0 Å². The van der Waals surface area contributed by atoms with Gasteiger partial charge >= 0.3 is 11.9 Å². The molecule has 6 aromatic rings. The van der Waals surface area contributed by atoms with Crippen LogP contribution in [0.1, 0.15) is 97.3 Å². The largest absolute Gasteiger partial charge is 0.481 e. The smallest absolute Gasteiger partial charge is 0.335 e. The summed E-state index contributed by atoms with van der Waals surface area (Å²) in [5.41, 5.74) is 20.2. The highest BCUT2D eigenvalue weighted by molar-refractivity contribution is 5.92. The van der Waals surface area contributed by atoms with Crippen molar-refractivity contribution in [1.29, 1.82) is 0 Å². The predicted molar refractivity (Wildman–Crippen MR) is 213 cm³/mol. The first kappa shape index (κ1) is 33.1. The summed E-state index contributed by atoms with van der Waals surface area (Å²) in [5, 5.41) is 18.9. The SMILES string of the molecule is CC1(C)c2cc(CCC(=O)O)ccc2-c2ccc(-c3ccc4c(c3)C(C)(C)c3cc(-c5ccc6c(c5)C(C)(C)c5cc(C(=O)O)ccc5-6)ccc3-4)cc21. The van der Waals surface area contributed by atoms with Crippen molar-refractivity contribution < 1.29 is 19.8 Å². The Morgan fingerprint density at radius 2 is 0.755 bits per heavy atom. The van der Waals surface area contributed by atoms with E-state index < -0.39 is 11.9 Å². The molecule has 9 rings (SSSR count). The van der Waals surface area contributed by atoms with E-state index in [1.807, 2.05) is 12.1 Å². The molecule has 4 heteroatoms. The number of rotatable bonds is 6. The molecule has 0 aliphatic heterocycles. The van der Waals surface area contributed by atoms with Gasteiger partial charge in [-0.05, 0) is 137 Å². The van der Waals surface area contributed by atoms with Crippen LogP contribution in [-0.4, -0.2) is 22.2 Å². The lowest BCUT2D eigenvalue weighted by Crippen LogP contribution is -2.16. The van der Waals surface area contributed by atoms with Crippen LogP contribution in [0.15, 0.2) is 109 Å². The average molecular weight is 695 g/mol. The fraction of sp³-hybridized carbons (Fsp3) is 0.224. The molecule has 0 spiro atoms. The van der Waals surface area contributed by atoms with Crippen LogP contribution in [0.2, 0.25) is 0 Å². The second-order valence-electron chi connectivity index (χ2n) is 16.8. The van der Waals surface area contributed by atoms with E-state index in [4.69, 9.17) is 0 Å². The predicted octanol–water partition coefficient (Wildman–Crippen LogP) is 11.7. The molecule has 0 radical (unpaired) electrons. The van der Waals surface area contributed by atoms with Gasteiger partial charge in [-0.25, -0.2) is 4.79 Å². The van der Waals surface area contributed by atoms with Crippen molar-refractivity contribution in [2.24, 2.45) is 0 Å². The molecule has 6 aromatic carbocycles. The summed E-state index contributed by atoms with van der Waals surface area (Å²) in [6, 6.07) is 39.4. The molecule has 0 atom stereocenters. The first-order valence-electron chi connectivity index (χ1n) is 18.5. The summed E-state index contributed by atoms with van der Waals surface area (Å²) in [5.74, 6) is -1.67. The lowest BCUT2D eigenvalue weighted by Gasteiger charge is -2.24. The maximum atomic E-state index is 11.8. The standard InChI is InChI=1S/C49H42O4/c1-47(2)39-21-27(8-20-45(50)51)7-14-33(39)34-15-9-28(22-40(34)47)29-10-16-35-36-17-11-30(24-42(36)48(3,4)41(35)23-29)31-12-18-37-38-19-13-32(46(52)53)26-44(38)49(5,6)43(37)25-31/h7,9-19,21-26H,8,20H2,1-6H3,(H,50,51)(H,52,53). The normalized spacial score (nSPS) is 15.9. The minimum absolute atomic E-state index is 0.135. The van der Waals surface area contributed by atoms with Crippen LogP contribution in [0.25, 0.3) is 55.6 Å². The van der Waals surface area contributed by atoms with Crippen molar-refractivity contribution in [3.05, 3.63) is 154 Å². The number of carboxylic acid groups (broad SMARTS) is 2. The van der Waals surface area contributed by atoms with Crippen LogP contribution < -0.4 is 0 Å². The van der Waals surface area contributed by atoms with E-state index in [9.17, 15) is 19.8 Å². The Labute approximate surface area is 310 Å². The Hall–Kier alpha value is -5.74. The summed E-state index contributed by atoms with van der Waals surface area (Å²) in [6.45, 7) is 13.6. The van der Waals surface area contributed by atoms with E-state index >= 15 is 0 Å². The third kappa shape index (κ3) is 4.81. The number of carboxylic acids is 2. The van der Waals surface area contributed by atoms with Crippen molar-refractivity contribution in [3.8, 4) is 55.6 Å². The fourth-order valence-corrected chi connectivity index (χ4v) is 9.52.